The number of hydrogen-bond acceptors (Lipinski definition) is 3. The summed E-state index contributed by atoms with van der Waals surface area (Å²) in [6, 6.07) is 4.21. The summed E-state index contributed by atoms with van der Waals surface area (Å²) in [6.07, 6.45) is 5.46. The first kappa shape index (κ1) is 14.8. The fourth-order valence-electron chi connectivity index (χ4n) is 2.31. The van der Waals surface area contributed by atoms with Gasteiger partial charge in [0.05, 0.1) is 3.79 Å². The summed E-state index contributed by atoms with van der Waals surface area (Å²) in [7, 11) is 0. The van der Waals surface area contributed by atoms with Crippen molar-refractivity contribution in [1.82, 2.24) is 4.90 Å². The van der Waals surface area contributed by atoms with E-state index in [4.69, 9.17) is 0 Å². The summed E-state index contributed by atoms with van der Waals surface area (Å²) in [6.45, 7) is 2.90. The van der Waals surface area contributed by atoms with Crippen LogP contribution in [0.4, 0.5) is 0 Å². The average Bonchev–Trinajstić information content (AvgIpc) is 2.82. The summed E-state index contributed by atoms with van der Waals surface area (Å²) in [5.41, 5.74) is 0. The van der Waals surface area contributed by atoms with Gasteiger partial charge < -0.3 is 10.0 Å². The highest BCUT2D eigenvalue weighted by molar-refractivity contribution is 9.11. The van der Waals surface area contributed by atoms with Crippen molar-refractivity contribution in [3.63, 3.8) is 0 Å². The van der Waals surface area contributed by atoms with Crippen LogP contribution in [0.3, 0.4) is 0 Å². The second-order valence-electron chi connectivity index (χ2n) is 4.94. The van der Waals surface area contributed by atoms with Gasteiger partial charge in [-0.1, -0.05) is 0 Å². The van der Waals surface area contributed by atoms with Gasteiger partial charge in [-0.25, -0.2) is 0 Å². The highest BCUT2D eigenvalue weighted by Gasteiger charge is 2.27. The summed E-state index contributed by atoms with van der Waals surface area (Å²) < 4.78 is 1.06. The number of piperidine rings is 1. The number of aliphatic hydroxyl groups excluding tert-OH is 1. The van der Waals surface area contributed by atoms with Gasteiger partial charge in [0.2, 0.25) is 5.91 Å². The molecule has 2 atom stereocenters. The molecule has 1 saturated heterocycles. The maximum atomic E-state index is 12.2. The zero-order valence-electron chi connectivity index (χ0n) is 10.9. The molecule has 0 aromatic carbocycles. The molecule has 1 aliphatic rings. The lowest BCUT2D eigenvalue weighted by Crippen LogP contribution is -2.45. The van der Waals surface area contributed by atoms with Gasteiger partial charge in [0, 0.05) is 30.1 Å². The Morgan fingerprint density at radius 1 is 1.58 bits per heavy atom. The Balaban J connectivity index is 2.00. The molecule has 2 heterocycles. The molecule has 0 radical (unpaired) electrons. The highest BCUT2D eigenvalue weighted by atomic mass is 79.9. The lowest BCUT2D eigenvalue weighted by atomic mass is 9.94. The molecular formula is C14H18BrNO2S. The number of carbonyl (C=O) groups excluding carboxylic acids is 1. The third-order valence-corrected chi connectivity index (χ3v) is 5.09. The van der Waals surface area contributed by atoms with Crippen molar-refractivity contribution in [2.45, 2.75) is 25.8 Å². The van der Waals surface area contributed by atoms with Gasteiger partial charge in [-0.15, -0.1) is 11.3 Å². The lowest BCUT2D eigenvalue weighted by molar-refractivity contribution is -0.130. The number of likely N-dealkylation sites (tertiary alicyclic amines) is 1. The maximum absolute atomic E-state index is 12.2. The first-order valence-electron chi connectivity index (χ1n) is 6.45. The Kier molecular flexibility index (Phi) is 5.19. The fourth-order valence-corrected chi connectivity index (χ4v) is 3.63. The Morgan fingerprint density at radius 3 is 3.00 bits per heavy atom. The number of rotatable bonds is 3. The molecule has 2 rings (SSSR count). The molecule has 1 amide bonds. The number of nitrogens with zero attached hydrogens (tertiary/aromatic N) is 1. The van der Waals surface area contributed by atoms with Crippen LogP contribution in [0.25, 0.3) is 6.08 Å². The van der Waals surface area contributed by atoms with E-state index in [0.717, 1.165) is 21.5 Å². The van der Waals surface area contributed by atoms with E-state index in [0.29, 0.717) is 6.54 Å². The van der Waals surface area contributed by atoms with E-state index in [1.54, 1.807) is 17.4 Å². The van der Waals surface area contributed by atoms with Crippen LogP contribution >= 0.6 is 27.3 Å². The highest BCUT2D eigenvalue weighted by Crippen LogP contribution is 2.24. The topological polar surface area (TPSA) is 40.5 Å². The van der Waals surface area contributed by atoms with Crippen LogP contribution in [0, 0.1) is 5.92 Å². The normalized spacial score (nSPS) is 24.1. The zero-order valence-corrected chi connectivity index (χ0v) is 13.3. The number of halogens is 1. The molecule has 1 aromatic heterocycles. The van der Waals surface area contributed by atoms with Crippen LogP contribution in [-0.4, -0.2) is 35.1 Å². The first-order chi connectivity index (χ1) is 9.10. The number of aliphatic hydroxyl groups is 1. The first-order valence-corrected chi connectivity index (χ1v) is 8.06. The predicted octanol–water partition coefficient (Wildman–Crippen LogP) is 3.14. The van der Waals surface area contributed by atoms with E-state index in [9.17, 15) is 9.90 Å². The molecule has 19 heavy (non-hydrogen) atoms. The van der Waals surface area contributed by atoms with E-state index in [2.05, 4.69) is 22.9 Å². The Bertz CT molecular complexity index is 472. The van der Waals surface area contributed by atoms with Crippen molar-refractivity contribution in [1.29, 1.82) is 0 Å². The van der Waals surface area contributed by atoms with Crippen molar-refractivity contribution >= 4 is 39.2 Å². The van der Waals surface area contributed by atoms with Crippen LogP contribution in [0.5, 0.6) is 0 Å². The monoisotopic (exact) mass is 343 g/mol. The minimum atomic E-state index is 0.0372. The van der Waals surface area contributed by atoms with E-state index in [1.165, 1.54) is 0 Å². The molecule has 0 aliphatic carbocycles. The number of thiophene rings is 1. The molecule has 1 aromatic rings. The van der Waals surface area contributed by atoms with Crippen LogP contribution in [0.15, 0.2) is 22.0 Å². The van der Waals surface area contributed by atoms with Gasteiger partial charge in [-0.2, -0.15) is 0 Å². The molecule has 0 bridgehead atoms. The summed E-state index contributed by atoms with van der Waals surface area (Å²) in [5.74, 6) is 0.264. The molecule has 0 spiro atoms. The van der Waals surface area contributed by atoms with Crippen LogP contribution < -0.4 is 0 Å². The SMILES string of the molecule is CC1CCC(CO)CN1C(=O)/C=C/c1ccc(Br)s1. The third-order valence-electron chi connectivity index (χ3n) is 3.51. The second-order valence-corrected chi connectivity index (χ2v) is 7.44. The zero-order chi connectivity index (χ0) is 13.8. The van der Waals surface area contributed by atoms with E-state index in [1.807, 2.05) is 23.1 Å². The number of amides is 1. The van der Waals surface area contributed by atoms with Crippen LogP contribution in [0.2, 0.25) is 0 Å². The second kappa shape index (κ2) is 6.68. The van der Waals surface area contributed by atoms with Crippen molar-refractivity contribution in [3.8, 4) is 0 Å². The third kappa shape index (κ3) is 3.91. The van der Waals surface area contributed by atoms with E-state index < -0.39 is 0 Å². The minimum Gasteiger partial charge on any atom is -0.396 e. The fraction of sp³-hybridized carbons (Fsp3) is 0.500. The van der Waals surface area contributed by atoms with Gasteiger partial charge in [0.1, 0.15) is 0 Å². The molecule has 0 saturated carbocycles. The molecule has 1 N–H and O–H groups in total. The van der Waals surface area contributed by atoms with E-state index >= 15 is 0 Å². The lowest BCUT2D eigenvalue weighted by Gasteiger charge is -2.36. The largest absolute Gasteiger partial charge is 0.396 e. The molecule has 2 unspecified atom stereocenters. The van der Waals surface area contributed by atoms with Gasteiger partial charge in [0.25, 0.3) is 0 Å². The molecule has 1 fully saturated rings. The average molecular weight is 344 g/mol. The predicted molar refractivity (Wildman–Crippen MR) is 82.0 cm³/mol. The quantitative estimate of drug-likeness (QED) is 0.856. The smallest absolute Gasteiger partial charge is 0.246 e. The Hall–Kier alpha value is -0.650. The van der Waals surface area contributed by atoms with Gasteiger partial charge in [-0.05, 0) is 59.8 Å². The molecule has 5 heteroatoms. The number of carbonyl (C=O) groups is 1. The number of hydrogen-bond donors (Lipinski definition) is 1. The van der Waals surface area contributed by atoms with Gasteiger partial charge in [-0.3, -0.25) is 4.79 Å². The molecule has 1 aliphatic heterocycles. The van der Waals surface area contributed by atoms with Gasteiger partial charge >= 0.3 is 0 Å². The van der Waals surface area contributed by atoms with Crippen LogP contribution in [0.1, 0.15) is 24.6 Å². The van der Waals surface area contributed by atoms with Crippen molar-refractivity contribution in [2.75, 3.05) is 13.2 Å². The Morgan fingerprint density at radius 2 is 2.37 bits per heavy atom. The molecular weight excluding hydrogens is 326 g/mol. The van der Waals surface area contributed by atoms with E-state index in [-0.39, 0.29) is 24.5 Å². The summed E-state index contributed by atoms with van der Waals surface area (Å²) in [4.78, 5) is 15.1. The standard InChI is InChI=1S/C14H18BrNO2S/c1-10-2-3-11(9-17)8-16(10)14(18)7-5-12-4-6-13(15)19-12/h4-7,10-11,17H,2-3,8-9H2,1H3/b7-5+. The van der Waals surface area contributed by atoms with Crippen LogP contribution in [-0.2, 0) is 4.79 Å². The van der Waals surface area contributed by atoms with Crippen molar-refractivity contribution in [3.05, 3.63) is 26.9 Å². The minimum absolute atomic E-state index is 0.0372. The van der Waals surface area contributed by atoms with Crippen molar-refractivity contribution < 1.29 is 9.90 Å². The molecule has 3 nitrogen and oxygen atoms in total. The summed E-state index contributed by atoms with van der Waals surface area (Å²) >= 11 is 5.01. The Labute approximate surface area is 126 Å². The maximum Gasteiger partial charge on any atom is 0.246 e. The van der Waals surface area contributed by atoms with Gasteiger partial charge in [0.15, 0.2) is 0 Å². The summed E-state index contributed by atoms with van der Waals surface area (Å²) in [5, 5.41) is 9.23. The van der Waals surface area contributed by atoms with Crippen molar-refractivity contribution in [2.24, 2.45) is 5.92 Å². The molecule has 104 valence electrons.